The van der Waals surface area contributed by atoms with Gasteiger partial charge in [0.1, 0.15) is 11.9 Å². The van der Waals surface area contributed by atoms with Crippen molar-refractivity contribution in [1.82, 2.24) is 4.90 Å². The van der Waals surface area contributed by atoms with E-state index in [2.05, 4.69) is 39.5 Å². The SMILES string of the molecule is CC(C)C1=NC(C(C)C)N([C@H](CCC(C)(C)C)c2ccc(C(=O)ON)cc2)C1=O. The number of carbonyl (C=O) groups is 2. The molecule has 1 aliphatic rings. The highest BCUT2D eigenvalue weighted by molar-refractivity contribution is 6.40. The van der Waals surface area contributed by atoms with E-state index in [9.17, 15) is 9.59 Å². The normalized spacial score (nSPS) is 18.4. The van der Waals surface area contributed by atoms with Gasteiger partial charge in [0.25, 0.3) is 5.91 Å². The zero-order valence-electron chi connectivity index (χ0n) is 18.7. The number of hydrogen-bond donors (Lipinski definition) is 1. The molecule has 0 bridgehead atoms. The second-order valence-electron chi connectivity index (χ2n) is 9.68. The number of aliphatic imine (C=N–C) groups is 1. The van der Waals surface area contributed by atoms with Crippen LogP contribution in [-0.2, 0) is 9.63 Å². The van der Waals surface area contributed by atoms with Crippen LogP contribution in [0.1, 0.15) is 83.3 Å². The maximum Gasteiger partial charge on any atom is 0.356 e. The molecule has 0 saturated heterocycles. The summed E-state index contributed by atoms with van der Waals surface area (Å²) in [6, 6.07) is 7.06. The maximum atomic E-state index is 13.3. The van der Waals surface area contributed by atoms with Gasteiger partial charge in [-0.3, -0.25) is 9.79 Å². The van der Waals surface area contributed by atoms with Crippen molar-refractivity contribution in [1.29, 1.82) is 0 Å². The minimum absolute atomic E-state index is 0.0167. The molecule has 2 rings (SSSR count). The van der Waals surface area contributed by atoms with Crippen LogP contribution in [-0.4, -0.2) is 28.7 Å². The first kappa shape index (κ1) is 23.1. The van der Waals surface area contributed by atoms with Crippen LogP contribution >= 0.6 is 0 Å². The van der Waals surface area contributed by atoms with E-state index in [0.29, 0.717) is 11.3 Å². The molecule has 1 unspecified atom stereocenters. The van der Waals surface area contributed by atoms with Crippen molar-refractivity contribution in [2.24, 2.45) is 28.1 Å². The van der Waals surface area contributed by atoms with Crippen molar-refractivity contribution in [3.63, 3.8) is 0 Å². The van der Waals surface area contributed by atoms with Crippen LogP contribution in [0.3, 0.4) is 0 Å². The standard InChI is InChI=1S/C23H35N3O3/c1-14(2)19-21(27)26(20(25-19)15(3)4)18(12-13-23(5,6)7)16-8-10-17(11-9-16)22(28)29-24/h8-11,14-15,18,20H,12-13,24H2,1-7H3/t18-,20?/m1/s1. The van der Waals surface area contributed by atoms with E-state index in [-0.39, 0.29) is 35.4 Å². The Morgan fingerprint density at radius 3 is 2.21 bits per heavy atom. The van der Waals surface area contributed by atoms with Gasteiger partial charge in [0.05, 0.1) is 11.6 Å². The van der Waals surface area contributed by atoms with Gasteiger partial charge in [0.2, 0.25) is 0 Å². The van der Waals surface area contributed by atoms with Crippen molar-refractivity contribution >= 4 is 17.6 Å². The largest absolute Gasteiger partial charge is 0.370 e. The second kappa shape index (κ2) is 9.08. The maximum absolute atomic E-state index is 13.3. The van der Waals surface area contributed by atoms with Crippen LogP contribution in [0, 0.1) is 17.3 Å². The molecule has 6 nitrogen and oxygen atoms in total. The molecule has 160 valence electrons. The second-order valence-corrected chi connectivity index (χ2v) is 9.68. The number of amides is 1. The summed E-state index contributed by atoms with van der Waals surface area (Å²) >= 11 is 0. The zero-order chi connectivity index (χ0) is 21.9. The fraction of sp³-hybridized carbons (Fsp3) is 0.609. The lowest BCUT2D eigenvalue weighted by Gasteiger charge is -2.36. The molecule has 0 saturated carbocycles. The van der Waals surface area contributed by atoms with Crippen LogP contribution in [0.4, 0.5) is 0 Å². The van der Waals surface area contributed by atoms with Crippen LogP contribution in [0.25, 0.3) is 0 Å². The molecule has 2 N–H and O–H groups in total. The number of nitrogens with zero attached hydrogens (tertiary/aromatic N) is 2. The molecule has 1 aromatic rings. The molecule has 0 radical (unpaired) electrons. The summed E-state index contributed by atoms with van der Waals surface area (Å²) in [5.41, 5.74) is 2.16. The topological polar surface area (TPSA) is 85.0 Å². The molecule has 1 amide bonds. The van der Waals surface area contributed by atoms with Gasteiger partial charge >= 0.3 is 5.97 Å². The lowest BCUT2D eigenvalue weighted by Crippen LogP contribution is -2.42. The Labute approximate surface area is 174 Å². The van der Waals surface area contributed by atoms with Gasteiger partial charge in [-0.05, 0) is 41.9 Å². The molecule has 6 heteroatoms. The van der Waals surface area contributed by atoms with E-state index in [1.54, 1.807) is 12.1 Å². The van der Waals surface area contributed by atoms with E-state index in [1.807, 2.05) is 30.9 Å². The Morgan fingerprint density at radius 2 is 1.76 bits per heavy atom. The third-order valence-corrected chi connectivity index (χ3v) is 5.29. The Balaban J connectivity index is 2.44. The summed E-state index contributed by atoms with van der Waals surface area (Å²) in [6.45, 7) is 14.8. The highest BCUT2D eigenvalue weighted by Gasteiger charge is 2.41. The predicted octanol–water partition coefficient (Wildman–Crippen LogP) is 4.51. The molecule has 0 spiro atoms. The lowest BCUT2D eigenvalue weighted by atomic mass is 9.86. The van der Waals surface area contributed by atoms with Gasteiger partial charge in [0, 0.05) is 5.92 Å². The number of hydrogen-bond acceptors (Lipinski definition) is 5. The van der Waals surface area contributed by atoms with Gasteiger partial charge in [0.15, 0.2) is 0 Å². The van der Waals surface area contributed by atoms with Crippen molar-refractivity contribution < 1.29 is 14.4 Å². The van der Waals surface area contributed by atoms with E-state index in [0.717, 1.165) is 18.4 Å². The highest BCUT2D eigenvalue weighted by Crippen LogP contribution is 2.37. The monoisotopic (exact) mass is 401 g/mol. The van der Waals surface area contributed by atoms with Gasteiger partial charge in [-0.15, -0.1) is 0 Å². The first-order chi connectivity index (χ1) is 13.5. The molecule has 0 aliphatic carbocycles. The van der Waals surface area contributed by atoms with Crippen molar-refractivity contribution in [3.05, 3.63) is 35.4 Å². The van der Waals surface area contributed by atoms with Crippen LogP contribution in [0.5, 0.6) is 0 Å². The summed E-state index contributed by atoms with van der Waals surface area (Å²) < 4.78 is 0. The summed E-state index contributed by atoms with van der Waals surface area (Å²) in [6.07, 6.45) is 1.59. The minimum Gasteiger partial charge on any atom is -0.370 e. The van der Waals surface area contributed by atoms with E-state index in [4.69, 9.17) is 10.9 Å². The van der Waals surface area contributed by atoms with Crippen molar-refractivity contribution in [3.8, 4) is 0 Å². The van der Waals surface area contributed by atoms with Crippen LogP contribution < -0.4 is 5.90 Å². The fourth-order valence-electron chi connectivity index (χ4n) is 3.65. The molecule has 1 aliphatic heterocycles. The molecule has 29 heavy (non-hydrogen) atoms. The number of benzene rings is 1. The highest BCUT2D eigenvalue weighted by atomic mass is 16.7. The molecule has 0 aromatic heterocycles. The first-order valence-corrected chi connectivity index (χ1v) is 10.4. The Hall–Kier alpha value is -2.21. The Morgan fingerprint density at radius 1 is 1.17 bits per heavy atom. The van der Waals surface area contributed by atoms with Crippen molar-refractivity contribution in [2.45, 2.75) is 73.5 Å². The molecule has 0 fully saturated rings. The summed E-state index contributed by atoms with van der Waals surface area (Å²) in [4.78, 5) is 36.1. The zero-order valence-corrected chi connectivity index (χ0v) is 18.7. The van der Waals surface area contributed by atoms with Crippen LogP contribution in [0.15, 0.2) is 29.3 Å². The van der Waals surface area contributed by atoms with Crippen LogP contribution in [0.2, 0.25) is 0 Å². The summed E-state index contributed by atoms with van der Waals surface area (Å²) in [7, 11) is 0. The van der Waals surface area contributed by atoms with E-state index < -0.39 is 5.97 Å². The smallest absolute Gasteiger partial charge is 0.356 e. The van der Waals surface area contributed by atoms with Gasteiger partial charge in [-0.1, -0.05) is 60.6 Å². The molecular formula is C23H35N3O3. The third kappa shape index (κ3) is 5.44. The molecule has 1 heterocycles. The minimum atomic E-state index is -0.578. The molecule has 1 aromatic carbocycles. The van der Waals surface area contributed by atoms with E-state index >= 15 is 0 Å². The number of nitrogens with two attached hydrogens (primary N) is 1. The third-order valence-electron chi connectivity index (χ3n) is 5.29. The van der Waals surface area contributed by atoms with E-state index in [1.165, 1.54) is 0 Å². The number of carbonyl (C=O) groups excluding carboxylic acids is 2. The average molecular weight is 402 g/mol. The Bertz CT molecular complexity index is 761. The molecular weight excluding hydrogens is 366 g/mol. The Kier molecular flexibility index (Phi) is 7.22. The summed E-state index contributed by atoms with van der Waals surface area (Å²) in [5.74, 6) is 4.72. The molecule has 2 atom stereocenters. The quantitative estimate of drug-likeness (QED) is 0.681. The number of rotatable bonds is 7. The van der Waals surface area contributed by atoms with Gasteiger partial charge < -0.3 is 9.74 Å². The summed E-state index contributed by atoms with van der Waals surface area (Å²) in [5, 5.41) is 0. The first-order valence-electron chi connectivity index (χ1n) is 10.4. The average Bonchev–Trinajstić information content (AvgIpc) is 2.99. The van der Waals surface area contributed by atoms with Gasteiger partial charge in [-0.25, -0.2) is 4.79 Å². The fourth-order valence-corrected chi connectivity index (χ4v) is 3.65. The van der Waals surface area contributed by atoms with Crippen molar-refractivity contribution in [2.75, 3.05) is 0 Å². The lowest BCUT2D eigenvalue weighted by molar-refractivity contribution is -0.128. The predicted molar refractivity (Wildman–Crippen MR) is 115 cm³/mol. The van der Waals surface area contributed by atoms with Gasteiger partial charge in [-0.2, -0.15) is 5.90 Å².